The second kappa shape index (κ2) is 5.98. The highest BCUT2D eigenvalue weighted by Gasteiger charge is 2.16. The van der Waals surface area contributed by atoms with Crippen molar-refractivity contribution in [2.45, 2.75) is 6.54 Å². The largest absolute Gasteiger partial charge is 0.490 e. The summed E-state index contributed by atoms with van der Waals surface area (Å²) in [5.74, 6) is -1.11. The first-order valence-electron chi connectivity index (χ1n) is 5.53. The van der Waals surface area contributed by atoms with Gasteiger partial charge in [0.25, 0.3) is 0 Å². The van der Waals surface area contributed by atoms with Crippen molar-refractivity contribution in [3.8, 4) is 6.07 Å². The number of nitrogens with one attached hydrogen (secondary N) is 1. The Hall–Kier alpha value is -2.99. The second-order valence-corrected chi connectivity index (χ2v) is 4.29. The fourth-order valence-corrected chi connectivity index (χ4v) is 1.67. The molecule has 1 heterocycles. The molecule has 0 saturated heterocycles. The molecule has 0 bridgehead atoms. The van der Waals surface area contributed by atoms with Crippen LogP contribution in [0.2, 0.25) is 5.02 Å². The predicted octanol–water partition coefficient (Wildman–Crippen LogP) is 1.35. The molecular weight excluding hydrogens is 300 g/mol. The maximum Gasteiger partial charge on any atom is 0.490 e. The van der Waals surface area contributed by atoms with Crippen LogP contribution in [0.25, 0.3) is 0 Å². The second-order valence-electron chi connectivity index (χ2n) is 3.85. The van der Waals surface area contributed by atoms with E-state index in [1.54, 1.807) is 0 Å². The highest BCUT2D eigenvalue weighted by atomic mass is 35.5. The Morgan fingerprint density at radius 3 is 2.95 bits per heavy atom. The number of nitro groups is 1. The fraction of sp³-hybridized carbons (Fsp3) is 0.0909. The molecule has 21 heavy (non-hydrogen) atoms. The molecule has 0 saturated carbocycles. The summed E-state index contributed by atoms with van der Waals surface area (Å²) in [6, 6.07) is 6.34. The Morgan fingerprint density at radius 2 is 2.33 bits per heavy atom. The number of halogens is 1. The molecule has 2 aromatic rings. The van der Waals surface area contributed by atoms with Gasteiger partial charge in [0.15, 0.2) is 0 Å². The van der Waals surface area contributed by atoms with Crippen LogP contribution in [-0.4, -0.2) is 25.6 Å². The van der Waals surface area contributed by atoms with E-state index in [4.69, 9.17) is 16.9 Å². The van der Waals surface area contributed by atoms with Crippen molar-refractivity contribution in [1.82, 2.24) is 14.8 Å². The molecule has 106 valence electrons. The standard InChI is InChI=1S/C11H7ClN6O3/c12-8-2-1-7(4-13)9(3-8)15-10(19)5-17-6-14-11(16-17)18(20)21/h1-3,6H,5H2,(H,15,19). The van der Waals surface area contributed by atoms with Gasteiger partial charge in [-0.25, -0.2) is 0 Å². The van der Waals surface area contributed by atoms with Crippen LogP contribution >= 0.6 is 11.6 Å². The normalized spacial score (nSPS) is 9.90. The zero-order chi connectivity index (χ0) is 15.4. The third kappa shape index (κ3) is 3.52. The number of carbonyl (C=O) groups excluding carboxylic acids is 1. The van der Waals surface area contributed by atoms with Crippen LogP contribution in [0.4, 0.5) is 11.6 Å². The molecule has 0 aliphatic heterocycles. The van der Waals surface area contributed by atoms with Gasteiger partial charge in [-0.05, 0) is 23.1 Å². The number of benzene rings is 1. The van der Waals surface area contributed by atoms with E-state index in [0.717, 1.165) is 11.0 Å². The number of carbonyl (C=O) groups is 1. The molecule has 0 atom stereocenters. The molecule has 1 N–H and O–H groups in total. The smallest absolute Gasteiger partial charge is 0.390 e. The van der Waals surface area contributed by atoms with Crippen molar-refractivity contribution in [3.05, 3.63) is 45.2 Å². The minimum Gasteiger partial charge on any atom is -0.390 e. The SMILES string of the molecule is N#Cc1ccc(Cl)cc1NC(=O)Cn1cnc([N+](=O)[O-])n1. The molecule has 0 unspecified atom stereocenters. The van der Waals surface area contributed by atoms with E-state index in [1.165, 1.54) is 18.2 Å². The topological polar surface area (TPSA) is 127 Å². The Labute approximate surface area is 122 Å². The summed E-state index contributed by atoms with van der Waals surface area (Å²) in [5, 5.41) is 25.7. The molecule has 1 aromatic heterocycles. The summed E-state index contributed by atoms with van der Waals surface area (Å²) in [5.41, 5.74) is 0.502. The Bertz CT molecular complexity index is 751. The minimum absolute atomic E-state index is 0.248. The number of amides is 1. The van der Waals surface area contributed by atoms with Crippen LogP contribution in [0, 0.1) is 21.4 Å². The van der Waals surface area contributed by atoms with Gasteiger partial charge in [0, 0.05) is 10.1 Å². The van der Waals surface area contributed by atoms with Crippen LogP contribution in [0.3, 0.4) is 0 Å². The van der Waals surface area contributed by atoms with Crippen LogP contribution in [-0.2, 0) is 11.3 Å². The average Bonchev–Trinajstić information content (AvgIpc) is 2.87. The molecule has 1 aromatic carbocycles. The van der Waals surface area contributed by atoms with Crippen molar-refractivity contribution in [3.63, 3.8) is 0 Å². The average molecular weight is 307 g/mol. The number of hydrogen-bond acceptors (Lipinski definition) is 6. The van der Waals surface area contributed by atoms with E-state index < -0.39 is 16.8 Å². The summed E-state index contributed by atoms with van der Waals surface area (Å²) in [6.45, 7) is -0.280. The lowest BCUT2D eigenvalue weighted by Gasteiger charge is -2.06. The summed E-state index contributed by atoms with van der Waals surface area (Å²) in [7, 11) is 0. The number of anilines is 1. The van der Waals surface area contributed by atoms with Crippen molar-refractivity contribution in [2.24, 2.45) is 0 Å². The van der Waals surface area contributed by atoms with Gasteiger partial charge in [0.05, 0.1) is 11.3 Å². The molecule has 0 aliphatic rings. The van der Waals surface area contributed by atoms with Crippen molar-refractivity contribution in [1.29, 1.82) is 5.26 Å². The van der Waals surface area contributed by atoms with Crippen molar-refractivity contribution in [2.75, 3.05) is 5.32 Å². The molecule has 2 rings (SSSR count). The van der Waals surface area contributed by atoms with E-state index >= 15 is 0 Å². The minimum atomic E-state index is -0.765. The molecule has 1 amide bonds. The summed E-state index contributed by atoms with van der Waals surface area (Å²) in [4.78, 5) is 24.9. The monoisotopic (exact) mass is 306 g/mol. The number of rotatable bonds is 4. The van der Waals surface area contributed by atoms with E-state index in [2.05, 4.69) is 15.4 Å². The number of nitriles is 1. The molecule has 9 nitrogen and oxygen atoms in total. The van der Waals surface area contributed by atoms with Crippen LogP contribution in [0.15, 0.2) is 24.5 Å². The summed E-state index contributed by atoms with van der Waals surface area (Å²) < 4.78 is 1.02. The summed E-state index contributed by atoms with van der Waals surface area (Å²) >= 11 is 5.79. The first-order chi connectivity index (χ1) is 9.99. The van der Waals surface area contributed by atoms with Crippen LogP contribution in [0.1, 0.15) is 5.56 Å². The maximum atomic E-state index is 11.8. The highest BCUT2D eigenvalue weighted by molar-refractivity contribution is 6.31. The Kier molecular flexibility index (Phi) is 4.10. The maximum absolute atomic E-state index is 11.8. The van der Waals surface area contributed by atoms with E-state index in [-0.39, 0.29) is 17.8 Å². The molecule has 0 spiro atoms. The molecule has 10 heteroatoms. The van der Waals surface area contributed by atoms with Gasteiger partial charge in [0.1, 0.15) is 12.6 Å². The van der Waals surface area contributed by atoms with E-state index in [9.17, 15) is 14.9 Å². The highest BCUT2D eigenvalue weighted by Crippen LogP contribution is 2.20. The van der Waals surface area contributed by atoms with Crippen LogP contribution in [0.5, 0.6) is 0 Å². The van der Waals surface area contributed by atoms with E-state index in [0.29, 0.717) is 5.02 Å². The third-order valence-electron chi connectivity index (χ3n) is 2.37. The third-order valence-corrected chi connectivity index (χ3v) is 2.60. The lowest BCUT2D eigenvalue weighted by molar-refractivity contribution is -0.394. The first kappa shape index (κ1) is 14.4. The molecular formula is C11H7ClN6O3. The zero-order valence-electron chi connectivity index (χ0n) is 10.4. The molecule has 0 fully saturated rings. The van der Waals surface area contributed by atoms with Gasteiger partial charge in [0.2, 0.25) is 12.2 Å². The number of aromatic nitrogens is 3. The predicted molar refractivity (Wildman–Crippen MR) is 71.5 cm³/mol. The fourth-order valence-electron chi connectivity index (χ4n) is 1.50. The quantitative estimate of drug-likeness (QED) is 0.671. The van der Waals surface area contributed by atoms with Gasteiger partial charge in [-0.15, -0.1) is 0 Å². The van der Waals surface area contributed by atoms with Crippen molar-refractivity contribution >= 4 is 29.1 Å². The Balaban J connectivity index is 2.10. The number of nitrogens with zero attached hydrogens (tertiary/aromatic N) is 5. The molecule has 0 radical (unpaired) electrons. The number of hydrogen-bond donors (Lipinski definition) is 1. The van der Waals surface area contributed by atoms with Gasteiger partial charge >= 0.3 is 5.95 Å². The zero-order valence-corrected chi connectivity index (χ0v) is 11.1. The van der Waals surface area contributed by atoms with Crippen LogP contribution < -0.4 is 5.32 Å². The van der Waals surface area contributed by atoms with Gasteiger partial charge in [-0.1, -0.05) is 16.6 Å². The lowest BCUT2D eigenvalue weighted by Crippen LogP contribution is -2.19. The van der Waals surface area contributed by atoms with Gasteiger partial charge in [-0.3, -0.25) is 4.79 Å². The summed E-state index contributed by atoms with van der Waals surface area (Å²) in [6.07, 6.45) is 1.07. The lowest BCUT2D eigenvalue weighted by atomic mass is 10.2. The molecule has 0 aliphatic carbocycles. The van der Waals surface area contributed by atoms with Gasteiger partial charge in [-0.2, -0.15) is 9.94 Å². The van der Waals surface area contributed by atoms with E-state index in [1.807, 2.05) is 6.07 Å². The van der Waals surface area contributed by atoms with Gasteiger partial charge < -0.3 is 15.4 Å². The first-order valence-corrected chi connectivity index (χ1v) is 5.90. The van der Waals surface area contributed by atoms with Crippen molar-refractivity contribution < 1.29 is 9.72 Å². The Morgan fingerprint density at radius 1 is 1.57 bits per heavy atom.